The molecule has 5 fully saturated rings. The third kappa shape index (κ3) is 8.42. The molecule has 2 amide bonds. The Bertz CT molecular complexity index is 943. The van der Waals surface area contributed by atoms with Crippen LogP contribution in [0.2, 0.25) is 0 Å². The van der Waals surface area contributed by atoms with Gasteiger partial charge in [0, 0.05) is 72.5 Å². The smallest absolute Gasteiger partial charge is 0.225 e. The molecule has 2 saturated carbocycles. The number of piperidine rings is 1. The predicted octanol–water partition coefficient (Wildman–Crippen LogP) is 3.67. The Hall–Kier alpha value is -1.03. The molecule has 8 nitrogen and oxygen atoms in total. The van der Waals surface area contributed by atoms with Crippen LogP contribution in [-0.4, -0.2) is 101 Å². The van der Waals surface area contributed by atoms with Gasteiger partial charge < -0.3 is 15.4 Å². The zero-order valence-corrected chi connectivity index (χ0v) is 28.3. The third-order valence-corrected chi connectivity index (χ3v) is 13.5. The van der Waals surface area contributed by atoms with Gasteiger partial charge in [-0.25, -0.2) is 0 Å². The summed E-state index contributed by atoms with van der Waals surface area (Å²) in [6.45, 7) is 15.3. The molecule has 0 spiro atoms. The molecule has 0 aromatic rings. The SMILES string of the molecule is CCN(C1CCS(=O)CC1)C1CC(C2CCC(CN3CCOCC3)CC2)CC(C(=O)NCC2C(=O)NC(C)CC2C)C1C. The van der Waals surface area contributed by atoms with Crippen molar-refractivity contribution in [1.29, 1.82) is 0 Å². The molecule has 5 rings (SSSR count). The summed E-state index contributed by atoms with van der Waals surface area (Å²) in [4.78, 5) is 32.0. The molecule has 3 aliphatic heterocycles. The van der Waals surface area contributed by atoms with Crippen molar-refractivity contribution in [3.8, 4) is 0 Å². The first-order valence-corrected chi connectivity index (χ1v) is 19.2. The molecule has 0 aromatic carbocycles. The molecule has 2 N–H and O–H groups in total. The van der Waals surface area contributed by atoms with E-state index in [4.69, 9.17) is 4.74 Å². The van der Waals surface area contributed by atoms with Crippen LogP contribution in [0.25, 0.3) is 0 Å². The number of morpholine rings is 1. The lowest BCUT2D eigenvalue weighted by Gasteiger charge is -2.50. The van der Waals surface area contributed by atoms with Crippen molar-refractivity contribution in [2.24, 2.45) is 41.4 Å². The van der Waals surface area contributed by atoms with Gasteiger partial charge in [0.1, 0.15) is 0 Å². The molecule has 2 aliphatic carbocycles. The lowest BCUT2D eigenvalue weighted by molar-refractivity contribution is -0.133. The van der Waals surface area contributed by atoms with Crippen molar-refractivity contribution in [2.75, 3.05) is 57.4 Å². The van der Waals surface area contributed by atoms with E-state index in [9.17, 15) is 13.8 Å². The lowest BCUT2D eigenvalue weighted by atomic mass is 9.63. The number of carbonyl (C=O) groups is 2. The quantitative estimate of drug-likeness (QED) is 0.409. The molecule has 0 radical (unpaired) electrons. The zero-order chi connectivity index (χ0) is 30.5. The maximum atomic E-state index is 14.0. The predicted molar refractivity (Wildman–Crippen MR) is 173 cm³/mol. The molecule has 43 heavy (non-hydrogen) atoms. The van der Waals surface area contributed by atoms with Gasteiger partial charge in [-0.2, -0.15) is 0 Å². The maximum absolute atomic E-state index is 14.0. The number of hydrogen-bond donors (Lipinski definition) is 2. The van der Waals surface area contributed by atoms with Gasteiger partial charge in [-0.05, 0) is 101 Å². The van der Waals surface area contributed by atoms with Crippen molar-refractivity contribution < 1.29 is 18.5 Å². The fourth-order valence-electron chi connectivity index (χ4n) is 9.49. The fourth-order valence-corrected chi connectivity index (χ4v) is 10.8. The van der Waals surface area contributed by atoms with E-state index in [0.29, 0.717) is 30.5 Å². The summed E-state index contributed by atoms with van der Waals surface area (Å²) in [5.74, 6) is 4.25. The number of nitrogens with one attached hydrogen (secondary N) is 2. The Morgan fingerprint density at radius 1 is 1.00 bits per heavy atom. The van der Waals surface area contributed by atoms with Crippen molar-refractivity contribution in [1.82, 2.24) is 20.4 Å². The monoisotopic (exact) mass is 620 g/mol. The van der Waals surface area contributed by atoms with Gasteiger partial charge in [0.25, 0.3) is 0 Å². The minimum Gasteiger partial charge on any atom is -0.379 e. The highest BCUT2D eigenvalue weighted by molar-refractivity contribution is 7.85. The van der Waals surface area contributed by atoms with Gasteiger partial charge in [-0.15, -0.1) is 0 Å². The molecule has 0 bridgehead atoms. The summed E-state index contributed by atoms with van der Waals surface area (Å²) >= 11 is 0. The number of carbonyl (C=O) groups excluding carboxylic acids is 2. The minimum absolute atomic E-state index is 0.0255. The van der Waals surface area contributed by atoms with E-state index in [1.807, 2.05) is 0 Å². The van der Waals surface area contributed by atoms with Gasteiger partial charge in [-0.3, -0.25) is 23.6 Å². The number of amides is 2. The van der Waals surface area contributed by atoms with Crippen LogP contribution in [-0.2, 0) is 25.1 Å². The van der Waals surface area contributed by atoms with E-state index in [2.05, 4.69) is 48.1 Å². The highest BCUT2D eigenvalue weighted by atomic mass is 32.2. The normalized spacial score (nSPS) is 41.5. The average Bonchev–Trinajstić information content (AvgIpc) is 2.99. The summed E-state index contributed by atoms with van der Waals surface area (Å²) in [7, 11) is -0.672. The molecule has 7 unspecified atom stereocenters. The van der Waals surface area contributed by atoms with E-state index in [1.54, 1.807) is 0 Å². The third-order valence-electron chi connectivity index (χ3n) is 12.1. The van der Waals surface area contributed by atoms with Crippen LogP contribution in [0.5, 0.6) is 0 Å². The van der Waals surface area contributed by atoms with E-state index < -0.39 is 10.8 Å². The van der Waals surface area contributed by atoms with Gasteiger partial charge in [-0.1, -0.05) is 20.8 Å². The summed E-state index contributed by atoms with van der Waals surface area (Å²) < 4.78 is 17.7. The van der Waals surface area contributed by atoms with Gasteiger partial charge >= 0.3 is 0 Å². The molecule has 3 saturated heterocycles. The van der Waals surface area contributed by atoms with Crippen LogP contribution in [0.15, 0.2) is 0 Å². The van der Waals surface area contributed by atoms with Crippen LogP contribution in [0.3, 0.4) is 0 Å². The maximum Gasteiger partial charge on any atom is 0.225 e. The van der Waals surface area contributed by atoms with Gasteiger partial charge in [0.15, 0.2) is 0 Å². The van der Waals surface area contributed by atoms with E-state index >= 15 is 0 Å². The molecule has 0 aromatic heterocycles. The molecule has 5 aliphatic rings. The minimum atomic E-state index is -0.672. The second-order valence-corrected chi connectivity index (χ2v) is 16.5. The van der Waals surface area contributed by atoms with E-state index in [-0.39, 0.29) is 41.5 Å². The van der Waals surface area contributed by atoms with Crippen molar-refractivity contribution >= 4 is 22.6 Å². The summed E-state index contributed by atoms with van der Waals surface area (Å²) in [6, 6.07) is 1.05. The lowest BCUT2D eigenvalue weighted by Crippen LogP contribution is -2.56. The Morgan fingerprint density at radius 3 is 2.35 bits per heavy atom. The molecule has 7 atom stereocenters. The second kappa shape index (κ2) is 15.5. The standard InChI is InChI=1S/C34H60N4O4S/c1-5-38(29-10-16-43(41)17-11-29)32-20-28(27-8-6-26(7-9-27)22-37-12-14-42-15-13-37)19-30(25(32)4)33(39)35-21-31-23(2)18-24(3)36-34(31)40/h23-32H,5-22H2,1-4H3,(H,35,39)(H,36,40). The molecule has 9 heteroatoms. The largest absolute Gasteiger partial charge is 0.379 e. The highest BCUT2D eigenvalue weighted by Crippen LogP contribution is 2.46. The van der Waals surface area contributed by atoms with Crippen molar-refractivity contribution in [2.45, 2.75) is 104 Å². The van der Waals surface area contributed by atoms with Crippen LogP contribution < -0.4 is 10.6 Å². The molecular formula is C34H60N4O4S. The van der Waals surface area contributed by atoms with Crippen LogP contribution in [0.1, 0.15) is 85.5 Å². The Balaban J connectivity index is 1.26. The fraction of sp³-hybridized carbons (Fsp3) is 0.941. The topological polar surface area (TPSA) is 91.0 Å². The summed E-state index contributed by atoms with van der Waals surface area (Å²) in [6.07, 6.45) is 10.3. The molecular weight excluding hydrogens is 560 g/mol. The van der Waals surface area contributed by atoms with Gasteiger partial charge in [0.05, 0.1) is 19.1 Å². The average molecular weight is 621 g/mol. The Morgan fingerprint density at radius 2 is 1.70 bits per heavy atom. The first-order valence-electron chi connectivity index (χ1n) is 17.7. The number of nitrogens with zero attached hydrogens (tertiary/aromatic N) is 2. The number of rotatable bonds is 9. The first kappa shape index (κ1) is 33.3. The number of ether oxygens (including phenoxy) is 1. The summed E-state index contributed by atoms with van der Waals surface area (Å²) in [5.41, 5.74) is 0. The van der Waals surface area contributed by atoms with Crippen molar-refractivity contribution in [3.05, 3.63) is 0 Å². The number of hydrogen-bond acceptors (Lipinski definition) is 6. The summed E-state index contributed by atoms with van der Waals surface area (Å²) in [5, 5.41) is 6.39. The van der Waals surface area contributed by atoms with Gasteiger partial charge in [0.2, 0.25) is 11.8 Å². The zero-order valence-electron chi connectivity index (χ0n) is 27.4. The molecule has 246 valence electrons. The van der Waals surface area contributed by atoms with Crippen LogP contribution >= 0.6 is 0 Å². The highest BCUT2D eigenvalue weighted by Gasteiger charge is 2.45. The molecule has 3 heterocycles. The second-order valence-electron chi connectivity index (χ2n) is 14.8. The van der Waals surface area contributed by atoms with E-state index in [0.717, 1.165) is 76.0 Å². The van der Waals surface area contributed by atoms with Crippen LogP contribution in [0, 0.1) is 41.4 Å². The van der Waals surface area contributed by atoms with Crippen LogP contribution in [0.4, 0.5) is 0 Å². The Kier molecular flexibility index (Phi) is 12.0. The Labute approximate surface area is 263 Å². The van der Waals surface area contributed by atoms with Crippen molar-refractivity contribution in [3.63, 3.8) is 0 Å². The first-order chi connectivity index (χ1) is 20.7. The van der Waals surface area contributed by atoms with E-state index in [1.165, 1.54) is 38.6 Å².